The van der Waals surface area contributed by atoms with Gasteiger partial charge in [-0.05, 0) is 0 Å². The van der Waals surface area contributed by atoms with Gasteiger partial charge in [0, 0.05) is 0 Å². The molecule has 4 heteroatoms. The summed E-state index contributed by atoms with van der Waals surface area (Å²) in [6.07, 6.45) is 12.7. The summed E-state index contributed by atoms with van der Waals surface area (Å²) in [5, 5.41) is 0. The first kappa shape index (κ1) is 24.6. The van der Waals surface area contributed by atoms with Gasteiger partial charge in [0.15, 0.2) is 0 Å². The average molecular weight is 467 g/mol. The molecule has 0 atom stereocenters. The molecule has 0 aromatic rings. The Kier molecular flexibility index (Phi) is 9.27. The molecule has 2 aliphatic carbocycles. The Morgan fingerprint density at radius 2 is 1.17 bits per heavy atom. The molecule has 0 spiro atoms. The summed E-state index contributed by atoms with van der Waals surface area (Å²) in [6, 6.07) is 0. The van der Waals surface area contributed by atoms with Gasteiger partial charge in [-0.1, -0.05) is 0 Å². The van der Waals surface area contributed by atoms with Gasteiger partial charge in [0.05, 0.1) is 0 Å². The molecule has 2 rings (SSSR count). The zero-order valence-corrected chi connectivity index (χ0v) is 21.9. The van der Waals surface area contributed by atoms with Gasteiger partial charge in [0.2, 0.25) is 0 Å². The maximum Gasteiger partial charge on any atom is -0.147 e. The molecule has 0 fully saturated rings. The topological polar surface area (TPSA) is 0 Å². The van der Waals surface area contributed by atoms with Gasteiger partial charge < -0.3 is 0 Å². The van der Waals surface area contributed by atoms with Gasteiger partial charge >= 0.3 is 141 Å². The number of hydrogen-bond donors (Lipinski definition) is 0. The molecule has 0 heterocycles. The van der Waals surface area contributed by atoms with Crippen molar-refractivity contribution in [2.45, 2.75) is 75.5 Å². The van der Waals surface area contributed by atoms with Crippen LogP contribution in [0.5, 0.6) is 0 Å². The smallest absolute Gasteiger partial charge is 0.147 e. The van der Waals surface area contributed by atoms with Crippen molar-refractivity contribution in [3.05, 3.63) is 41.0 Å². The summed E-state index contributed by atoms with van der Waals surface area (Å²) in [5.74, 6) is 0. The van der Waals surface area contributed by atoms with Crippen LogP contribution in [-0.2, 0) is 17.4 Å². The fraction of sp³-hybridized carbons (Fsp3) is 0.600. The van der Waals surface area contributed by atoms with E-state index in [1.54, 1.807) is 22.3 Å². The summed E-state index contributed by atoms with van der Waals surface area (Å²) in [7, 11) is 0. The van der Waals surface area contributed by atoms with Crippen molar-refractivity contribution in [1.29, 1.82) is 0 Å². The molecule has 0 saturated heterocycles. The van der Waals surface area contributed by atoms with Crippen LogP contribution < -0.4 is 0 Å². The number of allylic oxidation sites excluding steroid dienone is 8. The van der Waals surface area contributed by atoms with Crippen LogP contribution in [0.4, 0.5) is 0 Å². The molecule has 0 N–H and O–H groups in total. The van der Waals surface area contributed by atoms with Crippen molar-refractivity contribution in [3.8, 4) is 0 Å². The van der Waals surface area contributed by atoms with E-state index < -0.39 is 17.4 Å². The Morgan fingerprint density at radius 1 is 0.833 bits per heavy atom. The van der Waals surface area contributed by atoms with E-state index in [0.717, 1.165) is 0 Å². The maximum absolute atomic E-state index is 2.97. The predicted octanol–water partition coefficient (Wildman–Crippen LogP) is 6.97. The normalized spacial score (nSPS) is 18.3. The second kappa shape index (κ2) is 9.03. The monoisotopic (exact) mass is 464 g/mol. The van der Waals surface area contributed by atoms with Crippen molar-refractivity contribution >= 4 is 31.7 Å². The Hall–Kier alpha value is 0.640. The zero-order valence-electron chi connectivity index (χ0n) is 16.4. The largest absolute Gasteiger partial charge is 0.147 e. The maximum atomic E-state index is 2.70. The van der Waals surface area contributed by atoms with Crippen LogP contribution in [0.25, 0.3) is 0 Å². The fourth-order valence-corrected chi connectivity index (χ4v) is 19.7. The molecule has 2 aliphatic rings. The van der Waals surface area contributed by atoms with Gasteiger partial charge in [-0.3, -0.25) is 0 Å². The molecule has 0 amide bonds. The first-order chi connectivity index (χ1) is 10.2. The van der Waals surface area contributed by atoms with E-state index in [2.05, 4.69) is 56.0 Å². The van der Waals surface area contributed by atoms with Gasteiger partial charge in [-0.2, -0.15) is 0 Å². The van der Waals surface area contributed by atoms with Gasteiger partial charge in [-0.25, -0.2) is 0 Å². The van der Waals surface area contributed by atoms with E-state index in [4.69, 9.17) is 0 Å². The van der Waals surface area contributed by atoms with Crippen molar-refractivity contribution in [2.24, 2.45) is 0 Å². The van der Waals surface area contributed by atoms with Crippen LogP contribution in [0.1, 0.15) is 66.2 Å². The minimum Gasteiger partial charge on any atom is -0.147 e. The molecule has 0 radical (unpaired) electrons. The third kappa shape index (κ3) is 4.87. The Labute approximate surface area is 164 Å². The van der Waals surface area contributed by atoms with Crippen molar-refractivity contribution < 1.29 is 17.4 Å². The van der Waals surface area contributed by atoms with E-state index in [1.165, 1.54) is 38.5 Å². The third-order valence-corrected chi connectivity index (χ3v) is 22.5. The summed E-state index contributed by atoms with van der Waals surface area (Å²) < 4.78 is 9.19. The molecular formula is C20H36Cl2SiZr. The third-order valence-electron chi connectivity index (χ3n) is 5.50. The summed E-state index contributed by atoms with van der Waals surface area (Å²) >= 11 is -2.97. The Morgan fingerprint density at radius 3 is 1.46 bits per heavy atom. The van der Waals surface area contributed by atoms with Crippen LogP contribution >= 0.6 is 24.8 Å². The van der Waals surface area contributed by atoms with Crippen LogP contribution in [0.15, 0.2) is 41.0 Å². The van der Waals surface area contributed by atoms with E-state index >= 15 is 0 Å². The quantitative estimate of drug-likeness (QED) is 0.371. The second-order valence-corrected chi connectivity index (χ2v) is 37.2. The van der Waals surface area contributed by atoms with Crippen molar-refractivity contribution in [1.82, 2.24) is 0 Å². The van der Waals surface area contributed by atoms with Crippen LogP contribution in [0, 0.1) is 0 Å². The second-order valence-electron chi connectivity index (χ2n) is 8.53. The Bertz CT molecular complexity index is 620. The molecule has 0 aromatic carbocycles. The van der Waals surface area contributed by atoms with E-state index in [0.29, 0.717) is 0 Å². The van der Waals surface area contributed by atoms with Gasteiger partial charge in [-0.15, -0.1) is 24.8 Å². The number of halogens is 2. The minimum atomic E-state index is -2.97. The van der Waals surface area contributed by atoms with E-state index in [1.807, 2.05) is 6.56 Å². The fourth-order valence-electron chi connectivity index (χ4n) is 4.42. The van der Waals surface area contributed by atoms with Crippen LogP contribution in [0.2, 0.25) is 9.26 Å². The number of hydrogen-bond acceptors (Lipinski definition) is 0. The Balaban J connectivity index is 0.00000264. The standard InChI is InChI=1S/2C9H13.2CH3.2ClH.H2Si.Zr/c2*1-3-4-9-6-5-8(2)7-9;;;;;;/h2*7H,3-5H2,1-2H3;2*1H3;2*1H;1H2;. The van der Waals surface area contributed by atoms with Crippen LogP contribution in [0.3, 0.4) is 0 Å². The molecule has 0 aliphatic heterocycles. The molecule has 24 heavy (non-hydrogen) atoms. The molecular weight excluding hydrogens is 430 g/mol. The summed E-state index contributed by atoms with van der Waals surface area (Å²) in [4.78, 5) is 0. The summed E-state index contributed by atoms with van der Waals surface area (Å²) in [5.41, 5.74) is 6.60. The van der Waals surface area contributed by atoms with Gasteiger partial charge in [0.1, 0.15) is 0 Å². The zero-order chi connectivity index (χ0) is 16.6. The molecule has 0 saturated carbocycles. The van der Waals surface area contributed by atoms with E-state index in [9.17, 15) is 0 Å². The van der Waals surface area contributed by atoms with E-state index in [-0.39, 0.29) is 24.8 Å². The molecule has 0 unspecified atom stereocenters. The summed E-state index contributed by atoms with van der Waals surface area (Å²) in [6.45, 7) is 11.7. The molecule has 0 nitrogen and oxygen atoms in total. The average Bonchev–Trinajstić information content (AvgIpc) is 2.95. The van der Waals surface area contributed by atoms with Crippen LogP contribution in [-0.4, -0.2) is 6.88 Å². The number of rotatable bonds is 6. The van der Waals surface area contributed by atoms with Crippen molar-refractivity contribution in [2.75, 3.05) is 0 Å². The molecule has 0 aromatic heterocycles. The SMILES string of the molecule is CCCC1=[C]([Zr]([CH3])([CH3])(=[SiH2])[C]2=C(CCC)C=C(C)C2)CC(C)=C1.Cl.Cl. The van der Waals surface area contributed by atoms with Gasteiger partial charge in [0.25, 0.3) is 0 Å². The first-order valence-corrected chi connectivity index (χ1v) is 22.3. The minimum absolute atomic E-state index is 0. The first-order valence-electron chi connectivity index (χ1n) is 9.04. The molecule has 138 valence electrons. The molecule has 0 bridgehead atoms. The van der Waals surface area contributed by atoms with Crippen molar-refractivity contribution in [3.63, 3.8) is 0 Å². The predicted molar refractivity (Wildman–Crippen MR) is 115 cm³/mol.